The van der Waals surface area contributed by atoms with Gasteiger partial charge < -0.3 is 9.67 Å². The molecule has 0 radical (unpaired) electrons. The highest BCUT2D eigenvalue weighted by Crippen LogP contribution is 2.13. The Morgan fingerprint density at radius 3 is 2.17 bits per heavy atom. The van der Waals surface area contributed by atoms with Gasteiger partial charge in [-0.2, -0.15) is 0 Å². The zero-order chi connectivity index (χ0) is 17.2. The van der Waals surface area contributed by atoms with E-state index in [9.17, 15) is 9.59 Å². The molecule has 1 N–H and O–H groups in total. The minimum atomic E-state index is -0.696. The van der Waals surface area contributed by atoms with Gasteiger partial charge in [-0.25, -0.2) is 0 Å². The summed E-state index contributed by atoms with van der Waals surface area (Å²) >= 11 is 0. The predicted octanol–water partition coefficient (Wildman–Crippen LogP) is 4.60. The van der Waals surface area contributed by atoms with Gasteiger partial charge in [-0.1, -0.05) is 56.7 Å². The third-order valence-corrected chi connectivity index (χ3v) is 4.42. The first-order valence-corrected chi connectivity index (χ1v) is 8.99. The molecule has 0 unspecified atom stereocenters. The van der Waals surface area contributed by atoms with Crippen LogP contribution in [-0.2, 0) is 11.3 Å². The normalized spacial score (nSPS) is 11.0. The minimum absolute atomic E-state index is 0.0760. The van der Waals surface area contributed by atoms with E-state index in [1.807, 2.05) is 34.9 Å². The molecule has 4 heteroatoms. The lowest BCUT2D eigenvalue weighted by Gasteiger charge is -2.09. The number of carboxylic acid groups (broad SMARTS) is 1. The van der Waals surface area contributed by atoms with E-state index in [2.05, 4.69) is 0 Å². The summed E-state index contributed by atoms with van der Waals surface area (Å²) in [5.74, 6) is -0.696. The van der Waals surface area contributed by atoms with Crippen LogP contribution in [-0.4, -0.2) is 15.6 Å². The summed E-state index contributed by atoms with van der Waals surface area (Å²) in [6.45, 7) is 0.777. The van der Waals surface area contributed by atoms with Crippen molar-refractivity contribution in [3.63, 3.8) is 0 Å². The third-order valence-electron chi connectivity index (χ3n) is 4.42. The second-order valence-corrected chi connectivity index (χ2v) is 6.35. The number of para-hydroxylation sites is 1. The summed E-state index contributed by atoms with van der Waals surface area (Å²) < 4.78 is 1.88. The monoisotopic (exact) mass is 329 g/mol. The topological polar surface area (TPSA) is 59.3 Å². The highest BCUT2D eigenvalue weighted by atomic mass is 16.4. The van der Waals surface area contributed by atoms with Crippen LogP contribution in [0.25, 0.3) is 10.9 Å². The molecule has 0 aliphatic rings. The Kier molecular flexibility index (Phi) is 7.53. The average Bonchev–Trinajstić information content (AvgIpc) is 2.58. The molecule has 0 spiro atoms. The van der Waals surface area contributed by atoms with Crippen molar-refractivity contribution in [2.45, 2.75) is 64.3 Å². The number of hydrogen-bond acceptors (Lipinski definition) is 2. The van der Waals surface area contributed by atoms with Gasteiger partial charge in [0.1, 0.15) is 0 Å². The van der Waals surface area contributed by atoms with Gasteiger partial charge >= 0.3 is 5.97 Å². The lowest BCUT2D eigenvalue weighted by Crippen LogP contribution is -2.19. The number of hydrogen-bond donors (Lipinski definition) is 1. The van der Waals surface area contributed by atoms with Crippen LogP contribution in [0.2, 0.25) is 0 Å². The number of aliphatic carboxylic acids is 1. The molecule has 4 nitrogen and oxygen atoms in total. The molecule has 0 amide bonds. The van der Waals surface area contributed by atoms with Crippen LogP contribution >= 0.6 is 0 Å². The van der Waals surface area contributed by atoms with E-state index in [4.69, 9.17) is 5.11 Å². The fourth-order valence-electron chi connectivity index (χ4n) is 3.08. The van der Waals surface area contributed by atoms with Crippen LogP contribution in [0.3, 0.4) is 0 Å². The number of benzene rings is 1. The molecule has 2 rings (SSSR count). The summed E-state index contributed by atoms with van der Waals surface area (Å²) in [6, 6.07) is 11.6. The molecular weight excluding hydrogens is 302 g/mol. The number of unbranched alkanes of at least 4 members (excludes halogenated alkanes) is 7. The fraction of sp³-hybridized carbons (Fsp3) is 0.500. The molecule has 0 atom stereocenters. The Morgan fingerprint density at radius 2 is 1.46 bits per heavy atom. The SMILES string of the molecule is O=C(O)CCCCCCCCCCn1c(=O)ccc2ccccc21. The average molecular weight is 329 g/mol. The van der Waals surface area contributed by atoms with Crippen LogP contribution in [0.4, 0.5) is 0 Å². The lowest BCUT2D eigenvalue weighted by atomic mass is 10.1. The maximum Gasteiger partial charge on any atom is 0.303 e. The molecule has 130 valence electrons. The number of carbonyl (C=O) groups is 1. The maximum atomic E-state index is 12.1. The summed E-state index contributed by atoms with van der Waals surface area (Å²) in [4.78, 5) is 22.5. The van der Waals surface area contributed by atoms with Crippen molar-refractivity contribution in [2.24, 2.45) is 0 Å². The highest BCUT2D eigenvalue weighted by molar-refractivity contribution is 5.78. The van der Waals surface area contributed by atoms with Crippen LogP contribution in [0, 0.1) is 0 Å². The Morgan fingerprint density at radius 1 is 0.833 bits per heavy atom. The van der Waals surface area contributed by atoms with Gasteiger partial charge in [-0.05, 0) is 30.4 Å². The standard InChI is InChI=1S/C20H27NO3/c22-19-15-14-17-11-8-9-12-18(17)21(19)16-10-6-4-2-1-3-5-7-13-20(23)24/h8-9,11-12,14-15H,1-7,10,13,16H2,(H,23,24). The van der Waals surface area contributed by atoms with E-state index in [0.717, 1.165) is 49.6 Å². The first-order chi connectivity index (χ1) is 11.7. The molecule has 1 heterocycles. The van der Waals surface area contributed by atoms with Crippen molar-refractivity contribution >= 4 is 16.9 Å². The number of aromatic nitrogens is 1. The number of fused-ring (bicyclic) bond motifs is 1. The van der Waals surface area contributed by atoms with E-state index in [1.165, 1.54) is 19.3 Å². The lowest BCUT2D eigenvalue weighted by molar-refractivity contribution is -0.137. The summed E-state index contributed by atoms with van der Waals surface area (Å²) in [5, 5.41) is 9.68. The molecule has 2 aromatic rings. The first kappa shape index (κ1) is 18.2. The number of nitrogens with zero attached hydrogens (tertiary/aromatic N) is 1. The summed E-state index contributed by atoms with van der Waals surface area (Å²) in [6.07, 6.45) is 8.91. The van der Waals surface area contributed by atoms with Crippen LogP contribution in [0.15, 0.2) is 41.2 Å². The predicted molar refractivity (Wildman–Crippen MR) is 97.4 cm³/mol. The van der Waals surface area contributed by atoms with E-state index >= 15 is 0 Å². The van der Waals surface area contributed by atoms with Gasteiger partial charge in [0.25, 0.3) is 5.56 Å². The van der Waals surface area contributed by atoms with E-state index in [0.29, 0.717) is 6.42 Å². The molecule has 0 bridgehead atoms. The largest absolute Gasteiger partial charge is 0.481 e. The number of aryl methyl sites for hydroxylation is 1. The van der Waals surface area contributed by atoms with Crippen LogP contribution in [0.1, 0.15) is 57.8 Å². The second-order valence-electron chi connectivity index (χ2n) is 6.35. The maximum absolute atomic E-state index is 12.1. The smallest absolute Gasteiger partial charge is 0.303 e. The summed E-state index contributed by atoms with van der Waals surface area (Å²) in [7, 11) is 0. The van der Waals surface area contributed by atoms with Gasteiger partial charge in [0, 0.05) is 19.0 Å². The molecule has 24 heavy (non-hydrogen) atoms. The quantitative estimate of drug-likeness (QED) is 0.613. The van der Waals surface area contributed by atoms with Crippen molar-refractivity contribution in [1.29, 1.82) is 0 Å². The Labute approximate surface area is 143 Å². The van der Waals surface area contributed by atoms with Crippen molar-refractivity contribution in [3.8, 4) is 0 Å². The number of pyridine rings is 1. The van der Waals surface area contributed by atoms with E-state index in [-0.39, 0.29) is 5.56 Å². The minimum Gasteiger partial charge on any atom is -0.481 e. The molecule has 0 saturated carbocycles. The van der Waals surface area contributed by atoms with Crippen molar-refractivity contribution < 1.29 is 9.90 Å². The van der Waals surface area contributed by atoms with Gasteiger partial charge in [0.05, 0.1) is 5.52 Å². The van der Waals surface area contributed by atoms with E-state index in [1.54, 1.807) is 6.07 Å². The molecule has 1 aromatic heterocycles. The van der Waals surface area contributed by atoms with Crippen molar-refractivity contribution in [1.82, 2.24) is 4.57 Å². The molecule has 0 saturated heterocycles. The highest BCUT2D eigenvalue weighted by Gasteiger charge is 2.02. The fourth-order valence-corrected chi connectivity index (χ4v) is 3.08. The zero-order valence-electron chi connectivity index (χ0n) is 14.2. The van der Waals surface area contributed by atoms with Gasteiger partial charge in [0.15, 0.2) is 0 Å². The molecule has 0 fully saturated rings. The molecule has 0 aliphatic carbocycles. The first-order valence-electron chi connectivity index (χ1n) is 8.99. The molecule has 0 aliphatic heterocycles. The van der Waals surface area contributed by atoms with E-state index < -0.39 is 5.97 Å². The van der Waals surface area contributed by atoms with Gasteiger partial charge in [0.2, 0.25) is 0 Å². The van der Waals surface area contributed by atoms with Crippen molar-refractivity contribution in [3.05, 3.63) is 46.8 Å². The Balaban J connectivity index is 1.64. The summed E-state index contributed by atoms with van der Waals surface area (Å²) in [5.41, 5.74) is 1.09. The Hall–Kier alpha value is -2.10. The van der Waals surface area contributed by atoms with Gasteiger partial charge in [-0.3, -0.25) is 9.59 Å². The third kappa shape index (κ3) is 5.84. The Bertz CT molecular complexity index is 705. The second kappa shape index (κ2) is 9.91. The molecular formula is C20H27NO3. The van der Waals surface area contributed by atoms with Gasteiger partial charge in [-0.15, -0.1) is 0 Å². The number of rotatable bonds is 11. The molecule has 1 aromatic carbocycles. The zero-order valence-corrected chi connectivity index (χ0v) is 14.2. The van der Waals surface area contributed by atoms with Crippen molar-refractivity contribution in [2.75, 3.05) is 0 Å². The van der Waals surface area contributed by atoms with Crippen LogP contribution < -0.4 is 5.56 Å². The van der Waals surface area contributed by atoms with Crippen LogP contribution in [0.5, 0.6) is 0 Å². The number of carboxylic acids is 1.